The van der Waals surface area contributed by atoms with Crippen molar-refractivity contribution in [2.75, 3.05) is 0 Å². The SMILES string of the molecule is O=P1(c2ccccc2)c2ccccc2C2(c3ccccc3Oc3cc(-c4cc(-c5ccncc5)cc(-c5ccncc5)n4)ccc32)c2cc3c(cc21)oc1ccccc13. The van der Waals surface area contributed by atoms with Gasteiger partial charge in [-0.2, -0.15) is 0 Å². The number of furan rings is 1. The Hall–Kier alpha value is -7.40. The fraction of sp³-hybridized carbons (Fsp3) is 0.0192. The highest BCUT2D eigenvalue weighted by atomic mass is 31.2. The van der Waals surface area contributed by atoms with Gasteiger partial charge in [0.25, 0.3) is 0 Å². The zero-order chi connectivity index (χ0) is 39.1. The van der Waals surface area contributed by atoms with E-state index in [9.17, 15) is 0 Å². The van der Waals surface area contributed by atoms with E-state index in [1.165, 1.54) is 0 Å². The van der Waals surface area contributed by atoms with Gasteiger partial charge in [0, 0.05) is 73.7 Å². The van der Waals surface area contributed by atoms with Crippen LogP contribution in [0.1, 0.15) is 22.3 Å². The second kappa shape index (κ2) is 12.8. The second-order valence-corrected chi connectivity index (χ2v) is 17.8. The van der Waals surface area contributed by atoms with Gasteiger partial charge < -0.3 is 13.7 Å². The summed E-state index contributed by atoms with van der Waals surface area (Å²) in [6, 6.07) is 57.5. The highest BCUT2D eigenvalue weighted by Crippen LogP contribution is 2.62. The lowest BCUT2D eigenvalue weighted by atomic mass is 9.63. The summed E-state index contributed by atoms with van der Waals surface area (Å²) in [5, 5.41) is 4.32. The number of ether oxygens (including phenoxy) is 1. The zero-order valence-corrected chi connectivity index (χ0v) is 32.4. The average Bonchev–Trinajstić information content (AvgIpc) is 3.68. The van der Waals surface area contributed by atoms with Gasteiger partial charge in [0.15, 0.2) is 7.14 Å². The van der Waals surface area contributed by atoms with Crippen LogP contribution < -0.4 is 20.7 Å². The monoisotopic (exact) mass is 777 g/mol. The fourth-order valence-corrected chi connectivity index (χ4v) is 12.6. The molecule has 2 atom stereocenters. The number of hydrogen-bond acceptors (Lipinski definition) is 6. The van der Waals surface area contributed by atoms with Crippen molar-refractivity contribution in [2.24, 2.45) is 0 Å². The second-order valence-electron chi connectivity index (χ2n) is 15.1. The molecule has 10 aromatic rings. The highest BCUT2D eigenvalue weighted by Gasteiger charge is 2.55. The Morgan fingerprint density at radius 3 is 1.92 bits per heavy atom. The van der Waals surface area contributed by atoms with Crippen LogP contribution in [0.5, 0.6) is 11.5 Å². The quantitative estimate of drug-likeness (QED) is 0.166. The number of rotatable bonds is 4. The predicted molar refractivity (Wildman–Crippen MR) is 235 cm³/mol. The number of fused-ring (bicyclic) bond motifs is 11. The molecule has 278 valence electrons. The first-order chi connectivity index (χ1) is 29.1. The first-order valence-electron chi connectivity index (χ1n) is 19.6. The maximum Gasteiger partial charge on any atom is 0.171 e. The Morgan fingerprint density at radius 2 is 1.10 bits per heavy atom. The summed E-state index contributed by atoms with van der Waals surface area (Å²) in [5.74, 6) is 1.44. The van der Waals surface area contributed by atoms with E-state index in [0.717, 1.165) is 93.9 Å². The van der Waals surface area contributed by atoms with Crippen molar-refractivity contribution < 1.29 is 13.7 Å². The Bertz CT molecular complexity index is 3290. The molecule has 6 heterocycles. The van der Waals surface area contributed by atoms with E-state index in [1.807, 2.05) is 103 Å². The molecule has 0 amide bonds. The number of aromatic nitrogens is 3. The van der Waals surface area contributed by atoms with E-state index in [0.29, 0.717) is 11.3 Å². The lowest BCUT2D eigenvalue weighted by Gasteiger charge is -2.47. The zero-order valence-electron chi connectivity index (χ0n) is 31.5. The van der Waals surface area contributed by atoms with Gasteiger partial charge in [-0.25, -0.2) is 4.98 Å². The summed E-state index contributed by atoms with van der Waals surface area (Å²) in [6.45, 7) is 0. The van der Waals surface area contributed by atoms with Gasteiger partial charge in [0.2, 0.25) is 0 Å². The molecule has 6 aromatic carbocycles. The van der Waals surface area contributed by atoms with Crippen LogP contribution >= 0.6 is 7.14 Å². The first kappa shape index (κ1) is 33.7. The van der Waals surface area contributed by atoms with Gasteiger partial charge in [-0.3, -0.25) is 9.97 Å². The van der Waals surface area contributed by atoms with Crippen LogP contribution in [0.25, 0.3) is 55.6 Å². The van der Waals surface area contributed by atoms with Crippen molar-refractivity contribution in [1.82, 2.24) is 15.0 Å². The minimum atomic E-state index is -3.46. The Morgan fingerprint density at radius 1 is 0.441 bits per heavy atom. The molecule has 0 saturated carbocycles. The van der Waals surface area contributed by atoms with Crippen molar-refractivity contribution >= 4 is 45.0 Å². The molecular weight excluding hydrogens is 746 g/mol. The summed E-state index contributed by atoms with van der Waals surface area (Å²) < 4.78 is 29.9. The van der Waals surface area contributed by atoms with Gasteiger partial charge >= 0.3 is 0 Å². The van der Waals surface area contributed by atoms with Crippen LogP contribution in [0.4, 0.5) is 0 Å². The van der Waals surface area contributed by atoms with Gasteiger partial charge in [-0.05, 0) is 89.0 Å². The number of hydrogen-bond donors (Lipinski definition) is 0. The lowest BCUT2D eigenvalue weighted by Crippen LogP contribution is -2.47. The molecule has 7 heteroatoms. The minimum Gasteiger partial charge on any atom is -0.457 e. The van der Waals surface area contributed by atoms with Crippen LogP contribution in [-0.2, 0) is 9.98 Å². The fourth-order valence-electron chi connectivity index (χ4n) is 9.42. The standard InChI is InChI=1S/C52H32N3O3P/c56-59(37-10-2-1-3-11-37)50-17-9-6-14-42(50)52(43-31-39-38-12-4-7-15-46(38)57-48(39)32-51(43)59)40-13-5-8-16-47(40)58-49-30-35(18-19-41(49)52)45-29-36(33-20-24-53-25-21-33)28-44(55-45)34-22-26-54-27-23-34/h1-32H. The van der Waals surface area contributed by atoms with E-state index in [2.05, 4.69) is 88.8 Å². The summed E-state index contributed by atoms with van der Waals surface area (Å²) in [5.41, 5.74) is 10.0. The molecule has 2 aliphatic heterocycles. The highest BCUT2D eigenvalue weighted by molar-refractivity contribution is 7.85. The molecule has 1 spiro atoms. The molecule has 2 unspecified atom stereocenters. The van der Waals surface area contributed by atoms with Crippen molar-refractivity contribution in [1.29, 1.82) is 0 Å². The number of pyridine rings is 3. The third-order valence-electron chi connectivity index (χ3n) is 12.0. The van der Waals surface area contributed by atoms with E-state index >= 15 is 4.57 Å². The molecule has 0 fully saturated rings. The number of benzene rings is 6. The van der Waals surface area contributed by atoms with Gasteiger partial charge in [-0.1, -0.05) is 103 Å². The normalized spacial score (nSPS) is 17.5. The van der Waals surface area contributed by atoms with E-state index in [-0.39, 0.29) is 0 Å². The Labute approximate surface area is 339 Å². The Balaban J connectivity index is 1.17. The van der Waals surface area contributed by atoms with Crippen molar-refractivity contribution in [3.05, 3.63) is 217 Å². The molecule has 0 radical (unpaired) electrons. The molecule has 0 aliphatic carbocycles. The van der Waals surface area contributed by atoms with Crippen LogP contribution in [0.15, 0.2) is 199 Å². The molecular formula is C52H32N3O3P. The van der Waals surface area contributed by atoms with Gasteiger partial charge in [-0.15, -0.1) is 0 Å². The lowest BCUT2D eigenvalue weighted by molar-refractivity contribution is 0.435. The molecule has 59 heavy (non-hydrogen) atoms. The topological polar surface area (TPSA) is 78.1 Å². The van der Waals surface area contributed by atoms with Gasteiger partial charge in [0.1, 0.15) is 22.7 Å². The number of nitrogens with zero attached hydrogens (tertiary/aromatic N) is 3. The molecule has 12 rings (SSSR count). The first-order valence-corrected chi connectivity index (χ1v) is 21.3. The molecule has 4 aromatic heterocycles. The molecule has 0 saturated heterocycles. The minimum absolute atomic E-state index is 0.705. The van der Waals surface area contributed by atoms with E-state index in [4.69, 9.17) is 14.1 Å². The molecule has 0 N–H and O–H groups in total. The van der Waals surface area contributed by atoms with Crippen molar-refractivity contribution in [3.63, 3.8) is 0 Å². The van der Waals surface area contributed by atoms with Crippen LogP contribution in [0.2, 0.25) is 0 Å². The van der Waals surface area contributed by atoms with Crippen LogP contribution in [0, 0.1) is 0 Å². The average molecular weight is 778 g/mol. The summed E-state index contributed by atoms with van der Waals surface area (Å²) >= 11 is 0. The molecule has 2 aliphatic rings. The maximum atomic E-state index is 16.4. The van der Waals surface area contributed by atoms with Gasteiger partial charge in [0.05, 0.1) is 16.8 Å². The van der Waals surface area contributed by atoms with Crippen molar-refractivity contribution in [2.45, 2.75) is 5.41 Å². The predicted octanol–water partition coefficient (Wildman–Crippen LogP) is 11.2. The van der Waals surface area contributed by atoms with Crippen LogP contribution in [-0.4, -0.2) is 15.0 Å². The molecule has 6 nitrogen and oxygen atoms in total. The maximum absolute atomic E-state index is 16.4. The summed E-state index contributed by atoms with van der Waals surface area (Å²) in [4.78, 5) is 13.7. The summed E-state index contributed by atoms with van der Waals surface area (Å²) in [6.07, 6.45) is 7.19. The van der Waals surface area contributed by atoms with Crippen molar-refractivity contribution in [3.8, 4) is 45.1 Å². The smallest absolute Gasteiger partial charge is 0.171 e. The largest absolute Gasteiger partial charge is 0.457 e. The summed E-state index contributed by atoms with van der Waals surface area (Å²) in [7, 11) is -3.46. The Kier molecular flexibility index (Phi) is 7.32. The number of para-hydroxylation sites is 2. The third kappa shape index (κ3) is 4.87. The van der Waals surface area contributed by atoms with E-state index in [1.54, 1.807) is 12.4 Å². The molecule has 0 bridgehead atoms. The third-order valence-corrected chi connectivity index (χ3v) is 15.2. The van der Waals surface area contributed by atoms with Crippen LogP contribution in [0.3, 0.4) is 0 Å². The van der Waals surface area contributed by atoms with E-state index < -0.39 is 12.6 Å².